The molecule has 1 unspecified atom stereocenters. The van der Waals surface area contributed by atoms with Gasteiger partial charge in [0.25, 0.3) is 5.95 Å². The standard InChI is InChI=1S/C4H9O3P/c1-4(6-2)7-8(3)5/h8H,1H2,2-3H3. The molecule has 0 aliphatic heterocycles. The number of rotatable bonds is 3. The zero-order valence-electron chi connectivity index (χ0n) is 4.93. The molecule has 0 fully saturated rings. The summed E-state index contributed by atoms with van der Waals surface area (Å²) in [7, 11) is -0.511. The van der Waals surface area contributed by atoms with Gasteiger partial charge in [0.2, 0.25) is 8.03 Å². The van der Waals surface area contributed by atoms with Crippen LogP contribution >= 0.6 is 8.03 Å². The lowest BCUT2D eigenvalue weighted by molar-refractivity contribution is 0.161. The molecule has 1 atom stereocenters. The Hall–Kier alpha value is -0.430. The fourth-order valence-corrected chi connectivity index (χ4v) is 0.606. The molecule has 0 aliphatic carbocycles. The summed E-state index contributed by atoms with van der Waals surface area (Å²) in [6.45, 7) is 4.76. The zero-order chi connectivity index (χ0) is 6.57. The number of ether oxygens (including phenoxy) is 1. The van der Waals surface area contributed by atoms with Crippen LogP contribution in [-0.4, -0.2) is 13.8 Å². The van der Waals surface area contributed by atoms with Crippen molar-refractivity contribution in [2.75, 3.05) is 13.8 Å². The maximum atomic E-state index is 10.2. The second-order valence-electron chi connectivity index (χ2n) is 1.17. The van der Waals surface area contributed by atoms with Crippen molar-refractivity contribution in [3.8, 4) is 0 Å². The zero-order valence-corrected chi connectivity index (χ0v) is 5.93. The molecule has 48 valence electrons. The Labute approximate surface area is 49.2 Å². The van der Waals surface area contributed by atoms with Crippen LogP contribution in [0.4, 0.5) is 0 Å². The highest BCUT2D eigenvalue weighted by molar-refractivity contribution is 7.38. The van der Waals surface area contributed by atoms with Crippen LogP contribution in [0.15, 0.2) is 12.5 Å². The predicted molar refractivity (Wildman–Crippen MR) is 32.2 cm³/mol. The number of hydrogen-bond acceptors (Lipinski definition) is 3. The van der Waals surface area contributed by atoms with E-state index in [9.17, 15) is 4.57 Å². The smallest absolute Gasteiger partial charge is 0.276 e. The van der Waals surface area contributed by atoms with Crippen molar-refractivity contribution in [1.82, 2.24) is 0 Å². The lowest BCUT2D eigenvalue weighted by atomic mass is 11.0. The van der Waals surface area contributed by atoms with Gasteiger partial charge in [0.05, 0.1) is 7.11 Å². The average Bonchev–Trinajstić information content (AvgIpc) is 1.65. The lowest BCUT2D eigenvalue weighted by Crippen LogP contribution is -1.82. The van der Waals surface area contributed by atoms with Crippen LogP contribution < -0.4 is 0 Å². The van der Waals surface area contributed by atoms with Gasteiger partial charge in [0.15, 0.2) is 0 Å². The third kappa shape index (κ3) is 3.75. The van der Waals surface area contributed by atoms with Gasteiger partial charge in [-0.15, -0.1) is 0 Å². The molecule has 0 amide bonds. The van der Waals surface area contributed by atoms with Crippen molar-refractivity contribution in [2.45, 2.75) is 0 Å². The van der Waals surface area contributed by atoms with Crippen LogP contribution in [0, 0.1) is 0 Å². The summed E-state index contributed by atoms with van der Waals surface area (Å²) in [6, 6.07) is 0. The summed E-state index contributed by atoms with van der Waals surface area (Å²) < 4.78 is 19.2. The Kier molecular flexibility index (Phi) is 3.37. The molecular weight excluding hydrogens is 127 g/mol. The Bertz CT molecular complexity index is 110. The van der Waals surface area contributed by atoms with E-state index in [4.69, 9.17) is 0 Å². The summed E-state index contributed by atoms with van der Waals surface area (Å²) in [4.78, 5) is 0. The van der Waals surface area contributed by atoms with Crippen molar-refractivity contribution < 1.29 is 13.8 Å². The monoisotopic (exact) mass is 136 g/mol. The summed E-state index contributed by atoms with van der Waals surface area (Å²) in [5, 5.41) is 0. The van der Waals surface area contributed by atoms with Gasteiger partial charge in [-0.1, -0.05) is 0 Å². The molecule has 0 aromatic heterocycles. The second-order valence-corrected chi connectivity index (χ2v) is 2.36. The fourth-order valence-electron chi connectivity index (χ4n) is 0.202. The molecule has 0 rings (SSSR count). The van der Waals surface area contributed by atoms with Gasteiger partial charge in [-0.2, -0.15) is 0 Å². The molecule has 0 spiro atoms. The van der Waals surface area contributed by atoms with Crippen LogP contribution in [0.3, 0.4) is 0 Å². The molecule has 0 aromatic rings. The first-order valence-corrected chi connectivity index (χ1v) is 3.89. The van der Waals surface area contributed by atoms with Crippen LogP contribution in [0.5, 0.6) is 0 Å². The summed E-state index contributed by atoms with van der Waals surface area (Å²) >= 11 is 0. The average molecular weight is 136 g/mol. The molecular formula is C4H9O3P. The van der Waals surface area contributed by atoms with E-state index in [1.807, 2.05) is 0 Å². The third-order valence-corrected chi connectivity index (χ3v) is 1.00. The van der Waals surface area contributed by atoms with Crippen molar-refractivity contribution in [1.29, 1.82) is 0 Å². The summed E-state index contributed by atoms with van der Waals surface area (Å²) in [5.74, 6) is 0.108. The summed E-state index contributed by atoms with van der Waals surface area (Å²) in [6.07, 6.45) is 0. The van der Waals surface area contributed by atoms with Gasteiger partial charge in [-0.25, -0.2) is 0 Å². The van der Waals surface area contributed by atoms with E-state index in [-0.39, 0.29) is 5.95 Å². The topological polar surface area (TPSA) is 35.5 Å². The molecule has 0 saturated heterocycles. The molecule has 0 saturated carbocycles. The fraction of sp³-hybridized carbons (Fsp3) is 0.500. The van der Waals surface area contributed by atoms with E-state index in [1.165, 1.54) is 13.8 Å². The van der Waals surface area contributed by atoms with E-state index in [0.29, 0.717) is 0 Å². The van der Waals surface area contributed by atoms with Crippen molar-refractivity contribution in [2.24, 2.45) is 0 Å². The molecule has 0 radical (unpaired) electrons. The Morgan fingerprint density at radius 1 is 1.75 bits per heavy atom. The normalized spacial score (nSPS) is 12.2. The maximum absolute atomic E-state index is 10.2. The Morgan fingerprint density at radius 3 is 2.38 bits per heavy atom. The molecule has 4 heteroatoms. The lowest BCUT2D eigenvalue weighted by Gasteiger charge is -2.01. The first-order chi connectivity index (χ1) is 3.66. The van der Waals surface area contributed by atoms with Gasteiger partial charge >= 0.3 is 0 Å². The minimum absolute atomic E-state index is 0.108. The van der Waals surface area contributed by atoms with Crippen LogP contribution in [0.1, 0.15) is 0 Å². The Balaban J connectivity index is 3.40. The first kappa shape index (κ1) is 7.57. The minimum atomic E-state index is -1.92. The van der Waals surface area contributed by atoms with Gasteiger partial charge in [0, 0.05) is 6.66 Å². The van der Waals surface area contributed by atoms with Crippen LogP contribution in [0.2, 0.25) is 0 Å². The van der Waals surface area contributed by atoms with E-state index in [1.54, 1.807) is 0 Å². The van der Waals surface area contributed by atoms with E-state index in [2.05, 4.69) is 15.8 Å². The van der Waals surface area contributed by atoms with Gasteiger partial charge in [0.1, 0.15) is 0 Å². The van der Waals surface area contributed by atoms with Crippen molar-refractivity contribution in [3.63, 3.8) is 0 Å². The van der Waals surface area contributed by atoms with Crippen LogP contribution in [-0.2, 0) is 13.8 Å². The highest BCUT2D eigenvalue weighted by Gasteiger charge is 1.91. The number of methoxy groups -OCH3 is 1. The van der Waals surface area contributed by atoms with Gasteiger partial charge < -0.3 is 9.26 Å². The highest BCUT2D eigenvalue weighted by Crippen LogP contribution is 2.19. The molecule has 3 nitrogen and oxygen atoms in total. The number of hydrogen-bond donors (Lipinski definition) is 0. The minimum Gasteiger partial charge on any atom is -0.469 e. The highest BCUT2D eigenvalue weighted by atomic mass is 31.1. The van der Waals surface area contributed by atoms with Gasteiger partial charge in [-0.05, 0) is 6.58 Å². The molecule has 0 bridgehead atoms. The van der Waals surface area contributed by atoms with Gasteiger partial charge in [-0.3, -0.25) is 4.57 Å². The molecule has 0 aliphatic rings. The SMILES string of the molecule is C=C(OC)O[PH](C)=O. The molecule has 0 N–H and O–H groups in total. The molecule has 0 aromatic carbocycles. The quantitative estimate of drug-likeness (QED) is 0.432. The van der Waals surface area contributed by atoms with Crippen molar-refractivity contribution >= 4 is 8.03 Å². The van der Waals surface area contributed by atoms with E-state index in [0.717, 1.165) is 0 Å². The third-order valence-electron chi connectivity index (χ3n) is 0.485. The Morgan fingerprint density at radius 2 is 2.25 bits per heavy atom. The first-order valence-electron chi connectivity index (χ1n) is 2.08. The van der Waals surface area contributed by atoms with Crippen molar-refractivity contribution in [3.05, 3.63) is 12.5 Å². The molecule has 0 heterocycles. The van der Waals surface area contributed by atoms with Crippen LogP contribution in [0.25, 0.3) is 0 Å². The second kappa shape index (κ2) is 3.56. The predicted octanol–water partition coefficient (Wildman–Crippen LogP) is 1.23. The van der Waals surface area contributed by atoms with E-state index >= 15 is 0 Å². The largest absolute Gasteiger partial charge is 0.469 e. The summed E-state index contributed by atoms with van der Waals surface area (Å²) in [5.41, 5.74) is 0. The van der Waals surface area contributed by atoms with E-state index < -0.39 is 8.03 Å². The molecule has 8 heavy (non-hydrogen) atoms. The maximum Gasteiger partial charge on any atom is 0.276 e.